The molecule has 2 N–H and O–H groups in total. The van der Waals surface area contributed by atoms with E-state index in [-0.39, 0.29) is 17.0 Å². The van der Waals surface area contributed by atoms with Crippen LogP contribution >= 0.6 is 0 Å². The summed E-state index contributed by atoms with van der Waals surface area (Å²) in [6.07, 6.45) is 0. The number of halogens is 1. The monoisotopic (exact) mass is 456 g/mol. The first-order valence-electron chi connectivity index (χ1n) is 9.53. The van der Waals surface area contributed by atoms with Crippen LogP contribution in [0, 0.1) is 5.82 Å². The molecule has 0 aromatic heterocycles. The lowest BCUT2D eigenvalue weighted by Crippen LogP contribution is -2.41. The van der Waals surface area contributed by atoms with Gasteiger partial charge in [-0.2, -0.15) is 4.31 Å². The third-order valence-corrected chi connectivity index (χ3v) is 6.60. The van der Waals surface area contributed by atoms with E-state index in [1.165, 1.54) is 31.4 Å². The number of hydrogen-bond donors (Lipinski definition) is 1. The molecule has 1 atom stereocenters. The average molecular weight is 456 g/mol. The van der Waals surface area contributed by atoms with Crippen LogP contribution in [0.2, 0.25) is 0 Å². The Hall–Kier alpha value is -3.56. The number of primary amides is 1. The molecule has 7 nitrogen and oxygen atoms in total. The number of carbonyl (C=O) groups excluding carboxylic acids is 2. The van der Waals surface area contributed by atoms with Crippen LogP contribution in [0.1, 0.15) is 27.5 Å². The molecule has 166 valence electrons. The quantitative estimate of drug-likeness (QED) is 0.525. The van der Waals surface area contributed by atoms with Gasteiger partial charge in [-0.05, 0) is 41.5 Å². The van der Waals surface area contributed by atoms with Crippen molar-refractivity contribution in [1.29, 1.82) is 0 Å². The molecule has 0 aliphatic carbocycles. The second kappa shape index (κ2) is 9.71. The number of ether oxygens (including phenoxy) is 1. The van der Waals surface area contributed by atoms with Crippen LogP contribution in [0.5, 0.6) is 0 Å². The zero-order valence-corrected chi connectivity index (χ0v) is 18.0. The van der Waals surface area contributed by atoms with Crippen molar-refractivity contribution in [1.82, 2.24) is 4.31 Å². The van der Waals surface area contributed by atoms with Crippen molar-refractivity contribution in [2.75, 3.05) is 7.11 Å². The predicted octanol–water partition coefficient (Wildman–Crippen LogP) is 3.03. The minimum atomic E-state index is -4.34. The average Bonchev–Trinajstić information content (AvgIpc) is 2.79. The molecule has 0 bridgehead atoms. The van der Waals surface area contributed by atoms with E-state index in [0.717, 1.165) is 16.4 Å². The van der Waals surface area contributed by atoms with E-state index in [4.69, 9.17) is 5.73 Å². The molecule has 0 saturated heterocycles. The first-order chi connectivity index (χ1) is 15.2. The molecule has 0 aliphatic rings. The molecule has 0 radical (unpaired) electrons. The third-order valence-electron chi connectivity index (χ3n) is 4.79. The highest BCUT2D eigenvalue weighted by molar-refractivity contribution is 7.89. The minimum Gasteiger partial charge on any atom is -0.465 e. The number of rotatable bonds is 8. The Morgan fingerprint density at radius 2 is 1.66 bits per heavy atom. The van der Waals surface area contributed by atoms with E-state index >= 15 is 0 Å². The smallest absolute Gasteiger partial charge is 0.337 e. The lowest BCUT2D eigenvalue weighted by molar-refractivity contribution is -0.122. The van der Waals surface area contributed by atoms with Gasteiger partial charge in [0.1, 0.15) is 11.9 Å². The fourth-order valence-corrected chi connectivity index (χ4v) is 4.83. The topological polar surface area (TPSA) is 107 Å². The van der Waals surface area contributed by atoms with Crippen LogP contribution in [0.25, 0.3) is 0 Å². The van der Waals surface area contributed by atoms with Crippen LogP contribution in [0.4, 0.5) is 4.39 Å². The van der Waals surface area contributed by atoms with Crippen molar-refractivity contribution in [3.63, 3.8) is 0 Å². The molecule has 0 fully saturated rings. The van der Waals surface area contributed by atoms with Crippen molar-refractivity contribution >= 4 is 21.9 Å². The normalized spacial score (nSPS) is 12.3. The number of sulfonamides is 1. The molecule has 1 amide bonds. The van der Waals surface area contributed by atoms with Crippen LogP contribution in [-0.4, -0.2) is 31.7 Å². The Morgan fingerprint density at radius 3 is 2.22 bits per heavy atom. The lowest BCUT2D eigenvalue weighted by atomic mass is 10.1. The highest BCUT2D eigenvalue weighted by Gasteiger charge is 2.36. The Bertz CT molecular complexity index is 1210. The zero-order valence-electron chi connectivity index (χ0n) is 17.1. The number of methoxy groups -OCH3 is 1. The van der Waals surface area contributed by atoms with Gasteiger partial charge in [0.25, 0.3) is 0 Å². The van der Waals surface area contributed by atoms with E-state index in [9.17, 15) is 22.4 Å². The minimum absolute atomic E-state index is 0.247. The standard InChI is InChI=1S/C23H21FN2O5S/c1-31-23(28)18-12-10-16(11-13-18)15-26(21(22(25)27)17-6-3-2-4-7-17)32(29,30)20-9-5-8-19(24)14-20/h2-14,21H,15H2,1H3,(H2,25,27)/t21-/m1/s1. The van der Waals surface area contributed by atoms with Gasteiger partial charge in [-0.15, -0.1) is 0 Å². The molecule has 3 rings (SSSR count). The van der Waals surface area contributed by atoms with Crippen LogP contribution in [0.3, 0.4) is 0 Å². The molecule has 0 unspecified atom stereocenters. The molecule has 0 saturated carbocycles. The van der Waals surface area contributed by atoms with E-state index < -0.39 is 33.8 Å². The second-order valence-electron chi connectivity index (χ2n) is 6.91. The molecule has 9 heteroatoms. The predicted molar refractivity (Wildman–Crippen MR) is 115 cm³/mol. The number of esters is 1. The van der Waals surface area contributed by atoms with Gasteiger partial charge in [-0.3, -0.25) is 4.79 Å². The number of amides is 1. The Kier molecular flexibility index (Phi) is 7.01. The highest BCUT2D eigenvalue weighted by atomic mass is 32.2. The number of benzene rings is 3. The molecule has 0 heterocycles. The van der Waals surface area contributed by atoms with Gasteiger partial charge >= 0.3 is 5.97 Å². The Morgan fingerprint density at radius 1 is 1.00 bits per heavy atom. The molecule has 3 aromatic rings. The number of nitrogens with zero attached hydrogens (tertiary/aromatic N) is 1. The van der Waals surface area contributed by atoms with Gasteiger partial charge in [0, 0.05) is 6.54 Å². The van der Waals surface area contributed by atoms with Gasteiger partial charge in [0.05, 0.1) is 17.6 Å². The number of nitrogens with two attached hydrogens (primary N) is 1. The maximum atomic E-state index is 13.8. The van der Waals surface area contributed by atoms with Gasteiger partial charge in [-0.1, -0.05) is 48.5 Å². The molecule has 0 aliphatic heterocycles. The lowest BCUT2D eigenvalue weighted by Gasteiger charge is -2.29. The van der Waals surface area contributed by atoms with Crippen molar-refractivity contribution in [3.05, 3.63) is 101 Å². The number of hydrogen-bond acceptors (Lipinski definition) is 5. The zero-order chi connectivity index (χ0) is 23.3. The van der Waals surface area contributed by atoms with Crippen molar-refractivity contribution < 1.29 is 27.1 Å². The number of carbonyl (C=O) groups is 2. The summed E-state index contributed by atoms with van der Waals surface area (Å²) in [5.74, 6) is -2.16. The summed E-state index contributed by atoms with van der Waals surface area (Å²) >= 11 is 0. The summed E-state index contributed by atoms with van der Waals surface area (Å²) in [6, 6.07) is 17.4. The maximum Gasteiger partial charge on any atom is 0.337 e. The molecular weight excluding hydrogens is 435 g/mol. The van der Waals surface area contributed by atoms with Gasteiger partial charge in [-0.25, -0.2) is 17.6 Å². The van der Waals surface area contributed by atoms with Gasteiger partial charge < -0.3 is 10.5 Å². The van der Waals surface area contributed by atoms with E-state index in [0.29, 0.717) is 11.1 Å². The van der Waals surface area contributed by atoms with Crippen molar-refractivity contribution in [2.45, 2.75) is 17.5 Å². The van der Waals surface area contributed by atoms with Gasteiger partial charge in [0.15, 0.2) is 0 Å². The van der Waals surface area contributed by atoms with E-state index in [2.05, 4.69) is 4.74 Å². The fourth-order valence-electron chi connectivity index (χ4n) is 3.23. The molecular formula is C23H21FN2O5S. The molecule has 0 spiro atoms. The van der Waals surface area contributed by atoms with E-state index in [1.807, 2.05) is 0 Å². The summed E-state index contributed by atoms with van der Waals surface area (Å²) < 4.78 is 46.4. The summed E-state index contributed by atoms with van der Waals surface area (Å²) in [5, 5.41) is 0. The molecule has 3 aromatic carbocycles. The van der Waals surface area contributed by atoms with Crippen LogP contribution in [-0.2, 0) is 26.1 Å². The summed E-state index contributed by atoms with van der Waals surface area (Å²) in [6.45, 7) is -0.247. The second-order valence-corrected chi connectivity index (χ2v) is 8.80. The highest BCUT2D eigenvalue weighted by Crippen LogP contribution is 2.30. The largest absolute Gasteiger partial charge is 0.465 e. The summed E-state index contributed by atoms with van der Waals surface area (Å²) in [5.41, 5.74) is 6.76. The Labute approximate surface area is 185 Å². The SMILES string of the molecule is COC(=O)c1ccc(CN([C@@H](C(N)=O)c2ccccc2)S(=O)(=O)c2cccc(F)c2)cc1. The summed E-state index contributed by atoms with van der Waals surface area (Å²) in [4.78, 5) is 23.8. The van der Waals surface area contributed by atoms with Gasteiger partial charge in [0.2, 0.25) is 15.9 Å². The fraction of sp³-hybridized carbons (Fsp3) is 0.130. The van der Waals surface area contributed by atoms with Crippen LogP contribution in [0.15, 0.2) is 83.8 Å². The van der Waals surface area contributed by atoms with Crippen molar-refractivity contribution in [2.24, 2.45) is 5.73 Å². The van der Waals surface area contributed by atoms with Crippen LogP contribution < -0.4 is 5.73 Å². The summed E-state index contributed by atoms with van der Waals surface area (Å²) in [7, 11) is -3.09. The molecule has 32 heavy (non-hydrogen) atoms. The maximum absolute atomic E-state index is 13.8. The first kappa shape index (κ1) is 23.1. The Balaban J connectivity index is 2.10. The van der Waals surface area contributed by atoms with E-state index in [1.54, 1.807) is 42.5 Å². The first-order valence-corrected chi connectivity index (χ1v) is 11.0. The third kappa shape index (κ3) is 5.01. The van der Waals surface area contributed by atoms with Crippen molar-refractivity contribution in [3.8, 4) is 0 Å².